The maximum atomic E-state index is 12.4. The number of nitrogens with zero attached hydrogens (tertiary/aromatic N) is 3. The summed E-state index contributed by atoms with van der Waals surface area (Å²) in [7, 11) is 1.64. The zero-order chi connectivity index (χ0) is 17.8. The predicted molar refractivity (Wildman–Crippen MR) is 93.4 cm³/mol. The molecule has 0 aliphatic carbocycles. The van der Waals surface area contributed by atoms with Crippen molar-refractivity contribution in [3.63, 3.8) is 0 Å². The summed E-state index contributed by atoms with van der Waals surface area (Å²) < 4.78 is 5.44. The number of carbonyl (C=O) groups is 3. The van der Waals surface area contributed by atoms with Crippen molar-refractivity contribution in [2.45, 2.75) is 18.9 Å². The van der Waals surface area contributed by atoms with Crippen LogP contribution < -0.4 is 0 Å². The molecule has 2 saturated heterocycles. The SMILES string of the molecule is CN(CC(=O)N1CCN(C(=O)C2CCCO2)CC1)C(=O)c1cccs1. The zero-order valence-electron chi connectivity index (χ0n) is 14.3. The fourth-order valence-electron chi connectivity index (χ4n) is 3.12. The largest absolute Gasteiger partial charge is 0.368 e. The summed E-state index contributed by atoms with van der Waals surface area (Å²) in [6.07, 6.45) is 1.41. The third-order valence-electron chi connectivity index (χ3n) is 4.60. The summed E-state index contributed by atoms with van der Waals surface area (Å²) in [5.74, 6) is -0.193. The minimum absolute atomic E-state index is 0.0367. The summed E-state index contributed by atoms with van der Waals surface area (Å²) in [5.41, 5.74) is 0. The number of likely N-dealkylation sites (N-methyl/N-ethyl adjacent to an activating group) is 1. The topological polar surface area (TPSA) is 70.2 Å². The molecule has 3 amide bonds. The van der Waals surface area contributed by atoms with E-state index in [1.54, 1.807) is 22.9 Å². The molecular formula is C17H23N3O4S. The molecule has 2 aliphatic heterocycles. The molecule has 0 saturated carbocycles. The van der Waals surface area contributed by atoms with Gasteiger partial charge in [-0.3, -0.25) is 14.4 Å². The van der Waals surface area contributed by atoms with Crippen molar-refractivity contribution in [2.75, 3.05) is 46.4 Å². The molecule has 2 fully saturated rings. The van der Waals surface area contributed by atoms with Crippen molar-refractivity contribution in [2.24, 2.45) is 0 Å². The lowest BCUT2D eigenvalue weighted by Gasteiger charge is -2.36. The Morgan fingerprint density at radius 2 is 1.96 bits per heavy atom. The van der Waals surface area contributed by atoms with Gasteiger partial charge in [0.15, 0.2) is 0 Å². The van der Waals surface area contributed by atoms with Gasteiger partial charge < -0.3 is 19.4 Å². The molecule has 3 rings (SSSR count). The summed E-state index contributed by atoms with van der Waals surface area (Å²) in [4.78, 5) is 42.5. The van der Waals surface area contributed by atoms with Gasteiger partial charge >= 0.3 is 0 Å². The molecule has 0 N–H and O–H groups in total. The number of piperazine rings is 1. The standard InChI is InChI=1S/C17H23N3O4S/c1-18(17(23)14-5-3-11-25-14)12-15(21)19-6-8-20(9-7-19)16(22)13-4-2-10-24-13/h3,5,11,13H,2,4,6-10,12H2,1H3. The lowest BCUT2D eigenvalue weighted by Crippen LogP contribution is -2.54. The molecule has 136 valence electrons. The summed E-state index contributed by atoms with van der Waals surface area (Å²) in [6, 6.07) is 3.57. The third-order valence-corrected chi connectivity index (χ3v) is 5.46. The molecular weight excluding hydrogens is 342 g/mol. The molecule has 25 heavy (non-hydrogen) atoms. The predicted octanol–water partition coefficient (Wildman–Crippen LogP) is 0.670. The molecule has 3 heterocycles. The highest BCUT2D eigenvalue weighted by Gasteiger charge is 2.31. The number of hydrogen-bond donors (Lipinski definition) is 0. The Labute approximate surface area is 151 Å². The Kier molecular flexibility index (Phi) is 5.70. The lowest BCUT2D eigenvalue weighted by molar-refractivity contribution is -0.146. The summed E-state index contributed by atoms with van der Waals surface area (Å²) in [5, 5.41) is 1.84. The first-order chi connectivity index (χ1) is 12.1. The molecule has 0 radical (unpaired) electrons. The smallest absolute Gasteiger partial charge is 0.264 e. The van der Waals surface area contributed by atoms with E-state index in [2.05, 4.69) is 0 Å². The van der Waals surface area contributed by atoms with E-state index in [1.165, 1.54) is 16.2 Å². The van der Waals surface area contributed by atoms with Crippen molar-refractivity contribution < 1.29 is 19.1 Å². The molecule has 1 aromatic heterocycles. The molecule has 1 aromatic rings. The zero-order valence-corrected chi connectivity index (χ0v) is 15.2. The first kappa shape index (κ1) is 17.9. The highest BCUT2D eigenvalue weighted by Crippen LogP contribution is 2.16. The van der Waals surface area contributed by atoms with Crippen LogP contribution in [-0.2, 0) is 14.3 Å². The maximum Gasteiger partial charge on any atom is 0.264 e. The number of rotatable bonds is 4. The fraction of sp³-hybridized carbons (Fsp3) is 0.588. The molecule has 0 aromatic carbocycles. The van der Waals surface area contributed by atoms with Crippen LogP contribution in [0.1, 0.15) is 22.5 Å². The van der Waals surface area contributed by atoms with Gasteiger partial charge in [-0.1, -0.05) is 6.07 Å². The van der Waals surface area contributed by atoms with E-state index >= 15 is 0 Å². The number of amides is 3. The van der Waals surface area contributed by atoms with E-state index in [4.69, 9.17) is 4.74 Å². The van der Waals surface area contributed by atoms with Crippen LogP contribution in [0.25, 0.3) is 0 Å². The van der Waals surface area contributed by atoms with Crippen LogP contribution in [0.4, 0.5) is 0 Å². The van der Waals surface area contributed by atoms with Crippen molar-refractivity contribution >= 4 is 29.1 Å². The fourth-order valence-corrected chi connectivity index (χ4v) is 3.83. The molecule has 7 nitrogen and oxygen atoms in total. The number of thiophene rings is 1. The first-order valence-electron chi connectivity index (χ1n) is 8.53. The molecule has 0 spiro atoms. The maximum absolute atomic E-state index is 12.4. The van der Waals surface area contributed by atoms with Crippen molar-refractivity contribution in [3.05, 3.63) is 22.4 Å². The molecule has 0 bridgehead atoms. The van der Waals surface area contributed by atoms with Crippen molar-refractivity contribution in [3.8, 4) is 0 Å². The Balaban J connectivity index is 1.46. The van der Waals surface area contributed by atoms with Crippen molar-refractivity contribution in [1.29, 1.82) is 0 Å². The first-order valence-corrected chi connectivity index (χ1v) is 9.41. The van der Waals surface area contributed by atoms with E-state index < -0.39 is 0 Å². The van der Waals surface area contributed by atoms with Crippen LogP contribution in [0.2, 0.25) is 0 Å². The van der Waals surface area contributed by atoms with Gasteiger partial charge in [-0.05, 0) is 24.3 Å². The van der Waals surface area contributed by atoms with Gasteiger partial charge in [-0.2, -0.15) is 0 Å². The van der Waals surface area contributed by atoms with Gasteiger partial charge in [0.2, 0.25) is 5.91 Å². The van der Waals surface area contributed by atoms with E-state index in [0.717, 1.165) is 12.8 Å². The van der Waals surface area contributed by atoms with E-state index in [9.17, 15) is 14.4 Å². The van der Waals surface area contributed by atoms with Gasteiger partial charge in [-0.25, -0.2) is 0 Å². The van der Waals surface area contributed by atoms with Gasteiger partial charge in [0.1, 0.15) is 6.10 Å². The van der Waals surface area contributed by atoms with Crippen molar-refractivity contribution in [1.82, 2.24) is 14.7 Å². The van der Waals surface area contributed by atoms with Gasteiger partial charge in [0.25, 0.3) is 11.8 Å². The number of ether oxygens (including phenoxy) is 1. The van der Waals surface area contributed by atoms with Crippen LogP contribution in [0, 0.1) is 0 Å². The average Bonchev–Trinajstić information content (AvgIpc) is 3.34. The Morgan fingerprint density at radius 3 is 2.56 bits per heavy atom. The lowest BCUT2D eigenvalue weighted by atomic mass is 10.2. The van der Waals surface area contributed by atoms with Gasteiger partial charge in [-0.15, -0.1) is 11.3 Å². The highest BCUT2D eigenvalue weighted by molar-refractivity contribution is 7.12. The Morgan fingerprint density at radius 1 is 1.24 bits per heavy atom. The monoisotopic (exact) mass is 365 g/mol. The normalized spacial score (nSPS) is 20.6. The number of hydrogen-bond acceptors (Lipinski definition) is 5. The van der Waals surface area contributed by atoms with E-state index in [1.807, 2.05) is 11.4 Å². The molecule has 8 heteroatoms. The minimum Gasteiger partial charge on any atom is -0.368 e. The number of carbonyl (C=O) groups excluding carboxylic acids is 3. The van der Waals surface area contributed by atoms with Crippen LogP contribution in [0.3, 0.4) is 0 Å². The van der Waals surface area contributed by atoms with E-state index in [-0.39, 0.29) is 30.4 Å². The second-order valence-corrected chi connectivity index (χ2v) is 7.29. The third kappa shape index (κ3) is 4.19. The van der Waals surface area contributed by atoms with E-state index in [0.29, 0.717) is 37.7 Å². The van der Waals surface area contributed by atoms with Gasteiger partial charge in [0.05, 0.1) is 11.4 Å². The van der Waals surface area contributed by atoms with Crippen LogP contribution >= 0.6 is 11.3 Å². The molecule has 1 atom stereocenters. The van der Waals surface area contributed by atoms with Crippen LogP contribution in [-0.4, -0.2) is 84.9 Å². The highest BCUT2D eigenvalue weighted by atomic mass is 32.1. The molecule has 1 unspecified atom stereocenters. The Hall–Kier alpha value is -1.93. The quantitative estimate of drug-likeness (QED) is 0.786. The average molecular weight is 365 g/mol. The molecule has 2 aliphatic rings. The van der Waals surface area contributed by atoms with Crippen LogP contribution in [0.15, 0.2) is 17.5 Å². The summed E-state index contributed by atoms with van der Waals surface area (Å²) >= 11 is 1.37. The summed E-state index contributed by atoms with van der Waals surface area (Å²) in [6.45, 7) is 2.74. The van der Waals surface area contributed by atoms with Crippen LogP contribution in [0.5, 0.6) is 0 Å². The Bertz CT molecular complexity index is 620. The second-order valence-electron chi connectivity index (χ2n) is 6.35. The minimum atomic E-state index is -0.309. The second kappa shape index (κ2) is 7.97. The van der Waals surface area contributed by atoms with Gasteiger partial charge in [0, 0.05) is 39.8 Å².